The van der Waals surface area contributed by atoms with Gasteiger partial charge in [0.2, 0.25) is 0 Å². The fourth-order valence-corrected chi connectivity index (χ4v) is 2.39. The van der Waals surface area contributed by atoms with Crippen molar-refractivity contribution in [2.24, 2.45) is 0 Å². The number of benzene rings is 1. The van der Waals surface area contributed by atoms with E-state index in [1.807, 2.05) is 13.0 Å². The molecule has 6 nitrogen and oxygen atoms in total. The van der Waals surface area contributed by atoms with Gasteiger partial charge in [-0.1, -0.05) is 0 Å². The van der Waals surface area contributed by atoms with Crippen molar-refractivity contribution >= 4 is 36.2 Å². The molecule has 129 valence electrons. The van der Waals surface area contributed by atoms with Gasteiger partial charge in [0.1, 0.15) is 0 Å². The average molecular weight is 337 g/mol. The van der Waals surface area contributed by atoms with Crippen LogP contribution in [-0.4, -0.2) is 44.2 Å². The molecule has 1 heterocycles. The predicted octanol–water partition coefficient (Wildman–Crippen LogP) is 2.08. The summed E-state index contributed by atoms with van der Waals surface area (Å²) in [6, 6.07) is 10.6. The molecule has 1 aromatic heterocycles. The van der Waals surface area contributed by atoms with E-state index in [0.717, 1.165) is 5.69 Å². The molecule has 0 saturated carbocycles. The zero-order chi connectivity index (χ0) is 18.2. The summed E-state index contributed by atoms with van der Waals surface area (Å²) < 4.78 is 5.27. The van der Waals surface area contributed by atoms with Crippen molar-refractivity contribution in [1.29, 1.82) is 0 Å². The summed E-state index contributed by atoms with van der Waals surface area (Å²) in [5, 5.41) is 2.98. The molecule has 0 atom stereocenters. The van der Waals surface area contributed by atoms with E-state index in [-0.39, 0.29) is 5.91 Å². The Labute approximate surface area is 149 Å². The van der Waals surface area contributed by atoms with Gasteiger partial charge in [-0.25, -0.2) is 0 Å². The number of nitrogens with two attached hydrogens (primary N) is 1. The normalized spacial score (nSPS) is 10.1. The molecule has 0 spiro atoms. The monoisotopic (exact) mass is 337 g/mol. The number of ether oxygens (including phenoxy) is 1. The van der Waals surface area contributed by atoms with Gasteiger partial charge in [0.15, 0.2) is 0 Å². The van der Waals surface area contributed by atoms with E-state index >= 15 is 0 Å². The Hall–Kier alpha value is -2.83. The SMILES string of the molecule is [B]=C(CCN(C(=O)c1ccc(NC)c(N)c1)c1ccccn1)OCC. The Morgan fingerprint density at radius 2 is 2.16 bits per heavy atom. The molecule has 1 amide bonds. The maximum atomic E-state index is 13.0. The van der Waals surface area contributed by atoms with Gasteiger partial charge in [0.25, 0.3) is 0 Å². The molecular formula is C18H22BN4O2. The number of carbonyl (C=O) groups is 1. The van der Waals surface area contributed by atoms with E-state index in [2.05, 4.69) is 10.3 Å². The Morgan fingerprint density at radius 3 is 2.76 bits per heavy atom. The van der Waals surface area contributed by atoms with Crippen molar-refractivity contribution in [3.05, 3.63) is 48.2 Å². The third-order valence-corrected chi connectivity index (χ3v) is 3.65. The quantitative estimate of drug-likeness (QED) is 0.569. The van der Waals surface area contributed by atoms with Crippen LogP contribution >= 0.6 is 0 Å². The molecule has 2 aromatic rings. The molecule has 0 aliphatic rings. The second kappa shape index (κ2) is 8.87. The number of nitrogens with zero attached hydrogens (tertiary/aromatic N) is 2. The molecule has 0 aliphatic carbocycles. The van der Waals surface area contributed by atoms with Crippen molar-refractivity contribution in [3.63, 3.8) is 0 Å². The van der Waals surface area contributed by atoms with Crippen LogP contribution < -0.4 is 16.0 Å². The fourth-order valence-electron chi connectivity index (χ4n) is 2.39. The molecule has 0 bridgehead atoms. The van der Waals surface area contributed by atoms with Gasteiger partial charge in [0, 0.05) is 0 Å². The molecule has 1 radical (unpaired) electrons. The number of hydrogen-bond donors (Lipinski definition) is 2. The van der Waals surface area contributed by atoms with Gasteiger partial charge in [-0.3, -0.25) is 0 Å². The van der Waals surface area contributed by atoms with E-state index < -0.39 is 0 Å². The summed E-state index contributed by atoms with van der Waals surface area (Å²) in [6.07, 6.45) is 2.06. The van der Waals surface area contributed by atoms with Gasteiger partial charge in [0.05, 0.1) is 0 Å². The van der Waals surface area contributed by atoms with E-state index in [1.165, 1.54) is 0 Å². The van der Waals surface area contributed by atoms with Crippen molar-refractivity contribution in [3.8, 4) is 0 Å². The van der Waals surface area contributed by atoms with E-state index in [1.54, 1.807) is 48.5 Å². The number of nitrogens with one attached hydrogen (secondary N) is 1. The second-order valence-corrected chi connectivity index (χ2v) is 5.35. The van der Waals surface area contributed by atoms with E-state index in [4.69, 9.17) is 18.0 Å². The van der Waals surface area contributed by atoms with Crippen molar-refractivity contribution < 1.29 is 9.53 Å². The predicted molar refractivity (Wildman–Crippen MR) is 103 cm³/mol. The summed E-state index contributed by atoms with van der Waals surface area (Å²) >= 11 is 0. The van der Waals surface area contributed by atoms with Crippen LogP contribution in [0, 0.1) is 0 Å². The summed E-state index contributed by atoms with van der Waals surface area (Å²) in [4.78, 5) is 18.8. The first-order chi connectivity index (χ1) is 12.1. The zero-order valence-electron chi connectivity index (χ0n) is 14.5. The number of amides is 1. The van der Waals surface area contributed by atoms with E-state index in [0.29, 0.717) is 42.3 Å². The van der Waals surface area contributed by atoms with Crippen LogP contribution in [0.5, 0.6) is 0 Å². The molecule has 1 aromatic carbocycles. The third-order valence-electron chi connectivity index (χ3n) is 3.65. The van der Waals surface area contributed by atoms with Crippen molar-refractivity contribution in [2.45, 2.75) is 13.3 Å². The molecule has 0 fully saturated rings. The second-order valence-electron chi connectivity index (χ2n) is 5.35. The molecule has 0 saturated heterocycles. The molecule has 0 unspecified atom stereocenters. The number of aromatic nitrogens is 1. The summed E-state index contributed by atoms with van der Waals surface area (Å²) in [5.41, 5.74) is 8.13. The first-order valence-corrected chi connectivity index (χ1v) is 8.11. The minimum absolute atomic E-state index is 0.197. The number of pyridine rings is 1. The first-order valence-electron chi connectivity index (χ1n) is 8.11. The Morgan fingerprint density at radius 1 is 1.36 bits per heavy atom. The van der Waals surface area contributed by atoms with Crippen LogP contribution in [0.3, 0.4) is 0 Å². The molecule has 3 N–H and O–H groups in total. The Balaban J connectivity index is 2.26. The van der Waals surface area contributed by atoms with Gasteiger partial charge >= 0.3 is 148 Å². The van der Waals surface area contributed by atoms with Crippen molar-refractivity contribution in [2.75, 3.05) is 36.1 Å². The first kappa shape index (κ1) is 18.5. The number of nitrogen functional groups attached to an aromatic ring is 1. The molecule has 25 heavy (non-hydrogen) atoms. The fraction of sp³-hybridized carbons (Fsp3) is 0.278. The van der Waals surface area contributed by atoms with Crippen LogP contribution in [0.15, 0.2) is 42.6 Å². The van der Waals surface area contributed by atoms with Crippen LogP contribution in [0.2, 0.25) is 0 Å². The Bertz CT molecular complexity index is 737. The number of rotatable bonds is 8. The van der Waals surface area contributed by atoms with Gasteiger partial charge in [-0.05, 0) is 0 Å². The molecule has 7 heteroatoms. The average Bonchev–Trinajstić information content (AvgIpc) is 2.62. The van der Waals surface area contributed by atoms with Gasteiger partial charge < -0.3 is 0 Å². The molecule has 2 rings (SSSR count). The van der Waals surface area contributed by atoms with Crippen LogP contribution in [0.4, 0.5) is 17.2 Å². The number of anilines is 3. The number of carbonyl (C=O) groups excluding carboxylic acids is 1. The summed E-state index contributed by atoms with van der Waals surface area (Å²) in [5.74, 6) is 0.352. The maximum absolute atomic E-state index is 13.0. The van der Waals surface area contributed by atoms with Crippen LogP contribution in [0.1, 0.15) is 23.7 Å². The van der Waals surface area contributed by atoms with Crippen molar-refractivity contribution in [1.82, 2.24) is 4.98 Å². The third kappa shape index (κ3) is 4.82. The minimum atomic E-state index is -0.197. The topological polar surface area (TPSA) is 80.5 Å². The Kier molecular flexibility index (Phi) is 6.57. The van der Waals surface area contributed by atoms with Gasteiger partial charge in [-0.2, -0.15) is 0 Å². The van der Waals surface area contributed by atoms with Gasteiger partial charge in [-0.15, -0.1) is 0 Å². The zero-order valence-corrected chi connectivity index (χ0v) is 14.5. The van der Waals surface area contributed by atoms with Crippen LogP contribution in [-0.2, 0) is 4.74 Å². The number of hydrogen-bond acceptors (Lipinski definition) is 5. The van der Waals surface area contributed by atoms with Crippen LogP contribution in [0.25, 0.3) is 0 Å². The summed E-state index contributed by atoms with van der Waals surface area (Å²) in [7, 11) is 7.60. The van der Waals surface area contributed by atoms with E-state index in [9.17, 15) is 4.79 Å². The molecular weight excluding hydrogens is 315 g/mol. The standard InChI is InChI=1S/C18H22BN4O2/c1-3-25-16(19)9-11-23(17-6-4-5-10-22-17)18(24)13-7-8-15(21-2)14(20)12-13/h4-8,10,12,21H,3,9,11,20H2,1-2H3. The summed E-state index contributed by atoms with van der Waals surface area (Å²) in [6.45, 7) is 2.71. The molecule has 0 aliphatic heterocycles.